The lowest BCUT2D eigenvalue weighted by atomic mass is 9.79. The smallest absolute Gasteiger partial charge is 0.249 e. The van der Waals surface area contributed by atoms with Gasteiger partial charge in [-0.15, -0.1) is 0 Å². The summed E-state index contributed by atoms with van der Waals surface area (Å²) < 4.78 is 28.1. The quantitative estimate of drug-likeness (QED) is 0.687. The molecule has 0 spiro atoms. The van der Waals surface area contributed by atoms with Crippen LogP contribution < -0.4 is 4.31 Å². The fraction of sp³-hybridized carbons (Fsp3) is 0.227. The molecule has 2 heterocycles. The Labute approximate surface area is 160 Å². The monoisotopic (exact) mass is 378 g/mol. The molecule has 1 atom stereocenters. The molecule has 4 nitrogen and oxygen atoms in total. The topological polar surface area (TPSA) is 50.3 Å². The van der Waals surface area contributed by atoms with Crippen molar-refractivity contribution in [3.8, 4) is 0 Å². The number of rotatable bonds is 4. The highest BCUT2D eigenvalue weighted by Gasteiger charge is 2.44. The van der Waals surface area contributed by atoms with Gasteiger partial charge in [-0.25, -0.2) is 17.7 Å². The summed E-state index contributed by atoms with van der Waals surface area (Å²) in [5.41, 5.74) is 2.86. The summed E-state index contributed by atoms with van der Waals surface area (Å²) in [5, 5.41) is 0. The van der Waals surface area contributed by atoms with Gasteiger partial charge in [-0.2, -0.15) is 0 Å². The van der Waals surface area contributed by atoms with Crippen LogP contribution in [0.3, 0.4) is 0 Å². The molecule has 0 aliphatic carbocycles. The molecular weight excluding hydrogens is 356 g/mol. The van der Waals surface area contributed by atoms with Crippen LogP contribution in [0, 0.1) is 6.92 Å². The van der Waals surface area contributed by atoms with Crippen LogP contribution in [0.5, 0.6) is 0 Å². The average molecular weight is 378 g/mol. The molecule has 0 fully saturated rings. The zero-order valence-corrected chi connectivity index (χ0v) is 16.3. The zero-order chi connectivity index (χ0) is 19.1. The Balaban J connectivity index is 1.77. The molecule has 0 saturated heterocycles. The van der Waals surface area contributed by atoms with E-state index in [0.717, 1.165) is 17.5 Å². The number of nitrogens with zero attached hydrogens (tertiary/aromatic N) is 2. The van der Waals surface area contributed by atoms with Crippen molar-refractivity contribution in [2.75, 3.05) is 10.8 Å². The highest BCUT2D eigenvalue weighted by atomic mass is 32.2. The van der Waals surface area contributed by atoms with Crippen molar-refractivity contribution >= 4 is 15.8 Å². The molecule has 1 aliphatic rings. The van der Waals surface area contributed by atoms with E-state index in [1.807, 2.05) is 49.4 Å². The maximum Gasteiger partial charge on any atom is 0.265 e. The van der Waals surface area contributed by atoms with Crippen LogP contribution in [0.1, 0.15) is 23.6 Å². The van der Waals surface area contributed by atoms with E-state index in [-0.39, 0.29) is 5.41 Å². The summed E-state index contributed by atoms with van der Waals surface area (Å²) >= 11 is 0. The fourth-order valence-corrected chi connectivity index (χ4v) is 5.34. The van der Waals surface area contributed by atoms with Crippen molar-refractivity contribution in [1.29, 1.82) is 0 Å². The normalized spacial score (nSPS) is 19.1. The van der Waals surface area contributed by atoms with E-state index in [4.69, 9.17) is 0 Å². The summed E-state index contributed by atoms with van der Waals surface area (Å²) in [6, 6.07) is 21.0. The van der Waals surface area contributed by atoms with Crippen LogP contribution in [0.15, 0.2) is 77.8 Å². The first-order valence-electron chi connectivity index (χ1n) is 8.99. The number of hydrogen-bond donors (Lipinski definition) is 0. The highest BCUT2D eigenvalue weighted by Crippen LogP contribution is 2.43. The van der Waals surface area contributed by atoms with Gasteiger partial charge in [0.25, 0.3) is 10.0 Å². The van der Waals surface area contributed by atoms with Gasteiger partial charge in [0.15, 0.2) is 0 Å². The Kier molecular flexibility index (Phi) is 4.27. The van der Waals surface area contributed by atoms with Crippen molar-refractivity contribution in [3.63, 3.8) is 0 Å². The summed E-state index contributed by atoms with van der Waals surface area (Å²) in [6.45, 7) is 4.44. The summed E-state index contributed by atoms with van der Waals surface area (Å²) in [7, 11) is -3.66. The molecule has 0 N–H and O–H groups in total. The summed E-state index contributed by atoms with van der Waals surface area (Å²) in [4.78, 5) is 4.73. The van der Waals surface area contributed by atoms with Crippen LogP contribution >= 0.6 is 0 Å². The third kappa shape index (κ3) is 3.12. The van der Waals surface area contributed by atoms with E-state index in [1.54, 1.807) is 18.3 Å². The summed E-state index contributed by atoms with van der Waals surface area (Å²) in [6.07, 6.45) is 2.41. The molecule has 0 unspecified atom stereocenters. The molecule has 0 bridgehead atoms. The Morgan fingerprint density at radius 3 is 2.41 bits per heavy atom. The minimum atomic E-state index is -3.66. The Hall–Kier alpha value is -2.66. The lowest BCUT2D eigenvalue weighted by molar-refractivity contribution is 0.504. The second kappa shape index (κ2) is 6.50. The maximum absolute atomic E-state index is 13.3. The molecule has 5 heteroatoms. The van der Waals surface area contributed by atoms with Crippen molar-refractivity contribution in [3.05, 3.63) is 89.6 Å². The second-order valence-corrected chi connectivity index (χ2v) is 9.28. The molecule has 138 valence electrons. The van der Waals surface area contributed by atoms with Crippen LogP contribution in [-0.4, -0.2) is 19.9 Å². The van der Waals surface area contributed by atoms with Gasteiger partial charge in [-0.3, -0.25) is 0 Å². The molecule has 1 aromatic heterocycles. The van der Waals surface area contributed by atoms with Crippen molar-refractivity contribution in [2.24, 2.45) is 0 Å². The molecule has 0 radical (unpaired) electrons. The van der Waals surface area contributed by atoms with Gasteiger partial charge in [0, 0.05) is 23.7 Å². The van der Waals surface area contributed by atoms with Gasteiger partial charge in [-0.1, -0.05) is 61.0 Å². The van der Waals surface area contributed by atoms with E-state index in [9.17, 15) is 8.42 Å². The van der Waals surface area contributed by atoms with Gasteiger partial charge in [-0.05, 0) is 37.1 Å². The number of aromatic nitrogens is 1. The molecule has 4 rings (SSSR count). The van der Waals surface area contributed by atoms with Gasteiger partial charge in [0.05, 0.1) is 4.90 Å². The molecule has 27 heavy (non-hydrogen) atoms. The van der Waals surface area contributed by atoms with Crippen LogP contribution in [0.2, 0.25) is 0 Å². The van der Waals surface area contributed by atoms with E-state index < -0.39 is 10.0 Å². The molecule has 1 aliphatic heterocycles. The summed E-state index contributed by atoms with van der Waals surface area (Å²) in [5.74, 6) is 0.538. The number of aryl methyl sites for hydroxylation is 1. The number of hydrogen-bond acceptors (Lipinski definition) is 3. The SMILES string of the molecule is Cc1ccc(S(=O)(=O)N2C[C@](C)(Cc3ccccc3)c3cccnc32)cc1. The molecule has 2 aromatic carbocycles. The fourth-order valence-electron chi connectivity index (χ4n) is 3.78. The molecule has 3 aromatic rings. The maximum atomic E-state index is 13.3. The molecule has 0 amide bonds. The zero-order valence-electron chi connectivity index (χ0n) is 15.5. The van der Waals surface area contributed by atoms with E-state index in [0.29, 0.717) is 17.3 Å². The first-order valence-corrected chi connectivity index (χ1v) is 10.4. The first-order chi connectivity index (χ1) is 12.9. The van der Waals surface area contributed by atoms with Gasteiger partial charge in [0.2, 0.25) is 0 Å². The minimum Gasteiger partial charge on any atom is -0.249 e. The Morgan fingerprint density at radius 1 is 1.00 bits per heavy atom. The first kappa shape index (κ1) is 17.7. The number of pyridine rings is 1. The van der Waals surface area contributed by atoms with Crippen molar-refractivity contribution in [2.45, 2.75) is 30.6 Å². The number of benzene rings is 2. The van der Waals surface area contributed by atoms with Crippen molar-refractivity contribution in [1.82, 2.24) is 4.98 Å². The average Bonchev–Trinajstić information content (AvgIpc) is 2.97. The number of sulfonamides is 1. The third-order valence-corrected chi connectivity index (χ3v) is 6.96. The lowest BCUT2D eigenvalue weighted by Crippen LogP contribution is -2.36. The standard InChI is InChI=1S/C22H22N2O2S/c1-17-10-12-19(13-11-17)27(25,26)24-16-22(2,15-18-7-4-3-5-8-18)20-9-6-14-23-21(20)24/h3-14H,15-16H2,1-2H3/t22-/m0/s1. The van der Waals surface area contributed by atoms with Gasteiger partial charge >= 0.3 is 0 Å². The van der Waals surface area contributed by atoms with Crippen LogP contribution in [-0.2, 0) is 21.9 Å². The predicted molar refractivity (Wildman–Crippen MR) is 107 cm³/mol. The highest BCUT2D eigenvalue weighted by molar-refractivity contribution is 7.92. The second-order valence-electron chi connectivity index (χ2n) is 7.42. The number of anilines is 1. The predicted octanol–water partition coefficient (Wildman–Crippen LogP) is 4.10. The molecular formula is C22H22N2O2S. The van der Waals surface area contributed by atoms with Crippen molar-refractivity contribution < 1.29 is 8.42 Å². The largest absolute Gasteiger partial charge is 0.265 e. The lowest BCUT2D eigenvalue weighted by Gasteiger charge is -2.26. The van der Waals surface area contributed by atoms with Gasteiger partial charge < -0.3 is 0 Å². The van der Waals surface area contributed by atoms with Gasteiger partial charge in [0.1, 0.15) is 5.82 Å². The van der Waals surface area contributed by atoms with E-state index >= 15 is 0 Å². The third-order valence-electron chi connectivity index (χ3n) is 5.21. The Bertz CT molecular complexity index is 1060. The van der Waals surface area contributed by atoms with E-state index in [1.165, 1.54) is 9.87 Å². The molecule has 0 saturated carbocycles. The minimum absolute atomic E-state index is 0.300. The van der Waals surface area contributed by atoms with E-state index in [2.05, 4.69) is 24.0 Å². The van der Waals surface area contributed by atoms with Crippen LogP contribution in [0.4, 0.5) is 5.82 Å². The van der Waals surface area contributed by atoms with Crippen LogP contribution in [0.25, 0.3) is 0 Å². The number of fused-ring (bicyclic) bond motifs is 1. The Morgan fingerprint density at radius 2 is 1.70 bits per heavy atom.